The van der Waals surface area contributed by atoms with Gasteiger partial charge in [0.2, 0.25) is 0 Å². The molecule has 0 N–H and O–H groups in total. The second-order valence-electron chi connectivity index (χ2n) is 4.15. The molecule has 1 unspecified atom stereocenters. The van der Waals surface area contributed by atoms with E-state index in [9.17, 15) is 0 Å². The third kappa shape index (κ3) is 1.83. The van der Waals surface area contributed by atoms with E-state index in [0.717, 1.165) is 0 Å². The molecule has 0 amide bonds. The number of rotatable bonds is 1. The van der Waals surface area contributed by atoms with Crippen molar-refractivity contribution in [3.63, 3.8) is 0 Å². The molecule has 0 aromatic heterocycles. The summed E-state index contributed by atoms with van der Waals surface area (Å²) in [5.74, 6) is 0.615. The molecule has 0 spiro atoms. The van der Waals surface area contributed by atoms with Gasteiger partial charge in [0.1, 0.15) is 0 Å². The van der Waals surface area contributed by atoms with Gasteiger partial charge < -0.3 is 0 Å². The summed E-state index contributed by atoms with van der Waals surface area (Å²) in [5.41, 5.74) is 1.66. The smallest absolute Gasteiger partial charge is 0.0666 e. The SMILES string of the molecule is CC1CC(C)(C)C=C1CC#N. The minimum absolute atomic E-state index is 0.325. The fourth-order valence-electron chi connectivity index (χ4n) is 1.94. The molecule has 1 aliphatic rings. The molecule has 0 aliphatic heterocycles. The first-order valence-corrected chi connectivity index (χ1v) is 4.14. The maximum atomic E-state index is 8.52. The van der Waals surface area contributed by atoms with Crippen molar-refractivity contribution in [3.8, 4) is 6.07 Å². The van der Waals surface area contributed by atoms with Gasteiger partial charge in [0.15, 0.2) is 0 Å². The number of allylic oxidation sites excluding steroid dienone is 2. The quantitative estimate of drug-likeness (QED) is 0.526. The first kappa shape index (κ1) is 8.33. The highest BCUT2D eigenvalue weighted by atomic mass is 14.3. The van der Waals surface area contributed by atoms with E-state index in [2.05, 4.69) is 32.9 Å². The highest BCUT2D eigenvalue weighted by Gasteiger charge is 2.28. The summed E-state index contributed by atoms with van der Waals surface area (Å²) in [6.45, 7) is 6.67. The Kier molecular flexibility index (Phi) is 2.04. The Bertz CT molecular complexity index is 218. The van der Waals surface area contributed by atoms with Crippen LogP contribution in [-0.2, 0) is 0 Å². The molecule has 0 fully saturated rings. The Balaban J connectivity index is 2.73. The lowest BCUT2D eigenvalue weighted by Gasteiger charge is -2.14. The molecule has 1 atom stereocenters. The molecule has 0 radical (unpaired) electrons. The second kappa shape index (κ2) is 2.70. The molecule has 11 heavy (non-hydrogen) atoms. The standard InChI is InChI=1S/C10H15N/c1-8-6-10(2,3)7-9(8)4-5-11/h7-8H,4,6H2,1-3H3. The Labute approximate surface area is 68.7 Å². The molecule has 1 aliphatic carbocycles. The van der Waals surface area contributed by atoms with Crippen molar-refractivity contribution < 1.29 is 0 Å². The monoisotopic (exact) mass is 149 g/mol. The summed E-state index contributed by atoms with van der Waals surface area (Å²) in [4.78, 5) is 0. The van der Waals surface area contributed by atoms with Crippen molar-refractivity contribution in [2.75, 3.05) is 0 Å². The van der Waals surface area contributed by atoms with Crippen molar-refractivity contribution in [3.05, 3.63) is 11.6 Å². The zero-order valence-corrected chi connectivity index (χ0v) is 7.52. The largest absolute Gasteiger partial charge is 0.198 e. The van der Waals surface area contributed by atoms with Crippen molar-refractivity contribution in [1.82, 2.24) is 0 Å². The van der Waals surface area contributed by atoms with Gasteiger partial charge in [-0.1, -0.05) is 32.4 Å². The molecule has 0 aromatic carbocycles. The fraction of sp³-hybridized carbons (Fsp3) is 0.700. The van der Waals surface area contributed by atoms with Crippen molar-refractivity contribution >= 4 is 0 Å². The second-order valence-corrected chi connectivity index (χ2v) is 4.15. The highest BCUT2D eigenvalue weighted by Crippen LogP contribution is 2.40. The Hall–Kier alpha value is -0.770. The van der Waals surface area contributed by atoms with Crippen LogP contribution >= 0.6 is 0 Å². The minimum Gasteiger partial charge on any atom is -0.198 e. The molecule has 0 aromatic rings. The average molecular weight is 149 g/mol. The van der Waals surface area contributed by atoms with Gasteiger partial charge in [0, 0.05) is 0 Å². The maximum absolute atomic E-state index is 8.52. The van der Waals surface area contributed by atoms with Gasteiger partial charge >= 0.3 is 0 Å². The van der Waals surface area contributed by atoms with Crippen LogP contribution in [0.1, 0.15) is 33.6 Å². The van der Waals surface area contributed by atoms with E-state index in [1.54, 1.807) is 0 Å². The van der Waals surface area contributed by atoms with Crippen molar-refractivity contribution in [1.29, 1.82) is 5.26 Å². The molecular weight excluding hydrogens is 134 g/mol. The maximum Gasteiger partial charge on any atom is 0.0666 e. The number of nitriles is 1. The minimum atomic E-state index is 0.325. The van der Waals surface area contributed by atoms with Gasteiger partial charge in [0.05, 0.1) is 12.5 Å². The van der Waals surface area contributed by atoms with Crippen LogP contribution in [0.25, 0.3) is 0 Å². The Morgan fingerprint density at radius 3 is 2.73 bits per heavy atom. The van der Waals surface area contributed by atoms with E-state index in [0.29, 0.717) is 17.8 Å². The van der Waals surface area contributed by atoms with Gasteiger partial charge in [-0.15, -0.1) is 0 Å². The molecule has 0 heterocycles. The van der Waals surface area contributed by atoms with Crippen molar-refractivity contribution in [2.45, 2.75) is 33.6 Å². The average Bonchev–Trinajstić information content (AvgIpc) is 2.07. The first-order chi connectivity index (χ1) is 5.05. The molecule has 0 saturated carbocycles. The van der Waals surface area contributed by atoms with E-state index >= 15 is 0 Å². The van der Waals surface area contributed by atoms with Crippen LogP contribution in [0.4, 0.5) is 0 Å². The first-order valence-electron chi connectivity index (χ1n) is 4.14. The summed E-state index contributed by atoms with van der Waals surface area (Å²) in [7, 11) is 0. The Morgan fingerprint density at radius 2 is 2.36 bits per heavy atom. The van der Waals surface area contributed by atoms with Crippen LogP contribution in [0.2, 0.25) is 0 Å². The summed E-state index contributed by atoms with van der Waals surface area (Å²) in [5, 5.41) is 8.52. The zero-order valence-electron chi connectivity index (χ0n) is 7.52. The van der Waals surface area contributed by atoms with Crippen molar-refractivity contribution in [2.24, 2.45) is 11.3 Å². The predicted molar refractivity (Wildman–Crippen MR) is 45.9 cm³/mol. The molecule has 0 bridgehead atoms. The van der Waals surface area contributed by atoms with Crippen LogP contribution in [0.5, 0.6) is 0 Å². The van der Waals surface area contributed by atoms with E-state index in [1.165, 1.54) is 12.0 Å². The van der Waals surface area contributed by atoms with E-state index in [1.807, 2.05) is 0 Å². The van der Waals surface area contributed by atoms with Gasteiger partial charge in [-0.3, -0.25) is 0 Å². The summed E-state index contributed by atoms with van der Waals surface area (Å²) < 4.78 is 0. The molecule has 1 heteroatoms. The summed E-state index contributed by atoms with van der Waals surface area (Å²) in [6, 6.07) is 2.21. The molecule has 1 rings (SSSR count). The van der Waals surface area contributed by atoms with Gasteiger partial charge in [-0.25, -0.2) is 0 Å². The lowest BCUT2D eigenvalue weighted by molar-refractivity contribution is 0.419. The molecule has 1 nitrogen and oxygen atoms in total. The lowest BCUT2D eigenvalue weighted by atomic mass is 9.91. The number of nitrogens with zero attached hydrogens (tertiary/aromatic N) is 1. The van der Waals surface area contributed by atoms with Crippen LogP contribution in [-0.4, -0.2) is 0 Å². The van der Waals surface area contributed by atoms with E-state index in [4.69, 9.17) is 5.26 Å². The van der Waals surface area contributed by atoms with Crippen LogP contribution in [0, 0.1) is 22.7 Å². The third-order valence-corrected chi connectivity index (χ3v) is 2.32. The lowest BCUT2D eigenvalue weighted by Crippen LogP contribution is -2.04. The predicted octanol–water partition coefficient (Wildman–Crippen LogP) is 2.89. The summed E-state index contributed by atoms with van der Waals surface area (Å²) >= 11 is 0. The zero-order chi connectivity index (χ0) is 8.48. The molecule has 60 valence electrons. The molecule has 0 saturated heterocycles. The summed E-state index contributed by atoms with van der Waals surface area (Å²) in [6.07, 6.45) is 4.08. The normalized spacial score (nSPS) is 27.8. The molecular formula is C10H15N. The topological polar surface area (TPSA) is 23.8 Å². The number of hydrogen-bond acceptors (Lipinski definition) is 1. The third-order valence-electron chi connectivity index (χ3n) is 2.32. The van der Waals surface area contributed by atoms with Gasteiger partial charge in [0.25, 0.3) is 0 Å². The van der Waals surface area contributed by atoms with E-state index < -0.39 is 0 Å². The number of hydrogen-bond donors (Lipinski definition) is 0. The van der Waals surface area contributed by atoms with Gasteiger partial charge in [-0.2, -0.15) is 5.26 Å². The highest BCUT2D eigenvalue weighted by molar-refractivity contribution is 5.21. The Morgan fingerprint density at radius 1 is 1.73 bits per heavy atom. The van der Waals surface area contributed by atoms with Crippen LogP contribution in [0.15, 0.2) is 11.6 Å². The van der Waals surface area contributed by atoms with E-state index in [-0.39, 0.29) is 0 Å². The van der Waals surface area contributed by atoms with Gasteiger partial charge in [-0.05, 0) is 17.8 Å². The fourth-order valence-corrected chi connectivity index (χ4v) is 1.94. The van der Waals surface area contributed by atoms with Crippen LogP contribution in [0.3, 0.4) is 0 Å². The van der Waals surface area contributed by atoms with Crippen LogP contribution < -0.4 is 0 Å².